The Kier molecular flexibility index (Phi) is 8.49. The lowest BCUT2D eigenvalue weighted by Gasteiger charge is -2.40. The molecule has 0 aromatic heterocycles. The molecule has 120 valence electrons. The molecule has 0 saturated heterocycles. The summed E-state index contributed by atoms with van der Waals surface area (Å²) in [6.07, 6.45) is 3.06. The van der Waals surface area contributed by atoms with Crippen LogP contribution in [0.1, 0.15) is 51.6 Å². The molecular weight excluding hydrogens is 328 g/mol. The van der Waals surface area contributed by atoms with Gasteiger partial charge in [0.05, 0.1) is 12.6 Å². The van der Waals surface area contributed by atoms with Gasteiger partial charge in [-0.15, -0.1) is 0 Å². The van der Waals surface area contributed by atoms with Crippen molar-refractivity contribution in [2.24, 2.45) is 5.73 Å². The molecule has 0 aliphatic heterocycles. The maximum Gasteiger partial charge on any atom is 0.0558 e. The van der Waals surface area contributed by atoms with Crippen LogP contribution >= 0.6 is 15.9 Å². The molecule has 0 radical (unpaired) electrons. The van der Waals surface area contributed by atoms with Crippen molar-refractivity contribution in [2.75, 3.05) is 13.2 Å². The van der Waals surface area contributed by atoms with E-state index in [1.54, 1.807) is 0 Å². The van der Waals surface area contributed by atoms with E-state index in [9.17, 15) is 5.11 Å². The number of hydrogen-bond donors (Lipinski definition) is 2. The van der Waals surface area contributed by atoms with Gasteiger partial charge in [-0.05, 0) is 37.0 Å². The maximum absolute atomic E-state index is 9.48. The molecule has 0 amide bonds. The van der Waals surface area contributed by atoms with Gasteiger partial charge in [-0.25, -0.2) is 0 Å². The largest absolute Gasteiger partial charge is 0.395 e. The van der Waals surface area contributed by atoms with Crippen LogP contribution in [0.25, 0.3) is 0 Å². The molecule has 0 heterocycles. The van der Waals surface area contributed by atoms with Gasteiger partial charge >= 0.3 is 0 Å². The molecule has 3 nitrogen and oxygen atoms in total. The van der Waals surface area contributed by atoms with E-state index in [0.29, 0.717) is 12.6 Å². The molecule has 0 fully saturated rings. The fourth-order valence-corrected chi connectivity index (χ4v) is 3.25. The number of hydrogen-bond acceptors (Lipinski definition) is 3. The van der Waals surface area contributed by atoms with Crippen LogP contribution in [0, 0.1) is 0 Å². The minimum Gasteiger partial charge on any atom is -0.395 e. The molecule has 2 atom stereocenters. The second-order valence-electron chi connectivity index (χ2n) is 5.50. The highest BCUT2D eigenvalue weighted by Crippen LogP contribution is 2.29. The Labute approximate surface area is 137 Å². The van der Waals surface area contributed by atoms with Crippen molar-refractivity contribution < 1.29 is 5.11 Å². The van der Waals surface area contributed by atoms with Gasteiger partial charge in [0.1, 0.15) is 0 Å². The number of benzene rings is 1. The standard InChI is InChI=1S/C17H29BrN2O/c1-4-15(5-2)20(11-12-21)17(16(19)6-3)13-7-9-14(18)10-8-13/h7-10,15-17,21H,4-6,11-12,19H2,1-3H3. The van der Waals surface area contributed by atoms with Crippen LogP contribution < -0.4 is 5.73 Å². The summed E-state index contributed by atoms with van der Waals surface area (Å²) in [6, 6.07) is 9.07. The van der Waals surface area contributed by atoms with Crippen LogP contribution in [-0.4, -0.2) is 35.2 Å². The molecule has 0 saturated carbocycles. The number of rotatable bonds is 9. The number of nitrogens with zero attached hydrogens (tertiary/aromatic N) is 1. The number of nitrogens with two attached hydrogens (primary N) is 1. The molecule has 1 aromatic rings. The topological polar surface area (TPSA) is 49.5 Å². The van der Waals surface area contributed by atoms with E-state index in [-0.39, 0.29) is 18.7 Å². The summed E-state index contributed by atoms with van der Waals surface area (Å²) in [5.41, 5.74) is 7.66. The Morgan fingerprint density at radius 3 is 2.10 bits per heavy atom. The van der Waals surface area contributed by atoms with Gasteiger partial charge in [0, 0.05) is 23.1 Å². The summed E-state index contributed by atoms with van der Waals surface area (Å²) in [4.78, 5) is 2.39. The lowest BCUT2D eigenvalue weighted by Crippen LogP contribution is -2.47. The first-order valence-electron chi connectivity index (χ1n) is 7.96. The van der Waals surface area contributed by atoms with E-state index in [4.69, 9.17) is 5.73 Å². The van der Waals surface area contributed by atoms with E-state index < -0.39 is 0 Å². The van der Waals surface area contributed by atoms with Gasteiger partial charge in [-0.2, -0.15) is 0 Å². The van der Waals surface area contributed by atoms with Crippen molar-refractivity contribution in [3.8, 4) is 0 Å². The first-order chi connectivity index (χ1) is 10.1. The number of halogens is 1. The van der Waals surface area contributed by atoms with Crippen LogP contribution in [0.2, 0.25) is 0 Å². The first kappa shape index (κ1) is 18.6. The molecule has 21 heavy (non-hydrogen) atoms. The van der Waals surface area contributed by atoms with Crippen molar-refractivity contribution >= 4 is 15.9 Å². The Morgan fingerprint density at radius 2 is 1.67 bits per heavy atom. The molecular formula is C17H29BrN2O. The molecule has 1 aromatic carbocycles. The highest BCUT2D eigenvalue weighted by atomic mass is 79.9. The lowest BCUT2D eigenvalue weighted by atomic mass is 9.93. The summed E-state index contributed by atoms with van der Waals surface area (Å²) in [6.45, 7) is 7.37. The highest BCUT2D eigenvalue weighted by Gasteiger charge is 2.29. The summed E-state index contributed by atoms with van der Waals surface area (Å²) in [5.74, 6) is 0. The van der Waals surface area contributed by atoms with Crippen LogP contribution in [0.15, 0.2) is 28.7 Å². The maximum atomic E-state index is 9.48. The monoisotopic (exact) mass is 356 g/mol. The molecule has 0 aliphatic rings. The average molecular weight is 357 g/mol. The summed E-state index contributed by atoms with van der Waals surface area (Å²) >= 11 is 3.49. The molecule has 3 N–H and O–H groups in total. The Bertz CT molecular complexity index is 392. The molecule has 0 aliphatic carbocycles. The molecule has 0 spiro atoms. The average Bonchev–Trinajstić information content (AvgIpc) is 2.50. The summed E-state index contributed by atoms with van der Waals surface area (Å²) in [7, 11) is 0. The smallest absolute Gasteiger partial charge is 0.0558 e. The van der Waals surface area contributed by atoms with E-state index in [2.05, 4.69) is 65.9 Å². The van der Waals surface area contributed by atoms with Gasteiger partial charge in [-0.3, -0.25) is 4.90 Å². The minimum absolute atomic E-state index is 0.0679. The zero-order chi connectivity index (χ0) is 15.8. The second-order valence-corrected chi connectivity index (χ2v) is 6.42. The normalized spacial score (nSPS) is 14.7. The fraction of sp³-hybridized carbons (Fsp3) is 0.647. The summed E-state index contributed by atoms with van der Waals surface area (Å²) < 4.78 is 1.08. The van der Waals surface area contributed by atoms with Crippen LogP contribution in [0.5, 0.6) is 0 Å². The van der Waals surface area contributed by atoms with E-state index in [1.807, 2.05) is 0 Å². The Morgan fingerprint density at radius 1 is 1.10 bits per heavy atom. The van der Waals surface area contributed by atoms with E-state index in [1.165, 1.54) is 5.56 Å². The molecule has 1 rings (SSSR count). The molecule has 0 bridgehead atoms. The minimum atomic E-state index is 0.0679. The van der Waals surface area contributed by atoms with Gasteiger partial charge in [0.2, 0.25) is 0 Å². The van der Waals surface area contributed by atoms with Gasteiger partial charge in [0.15, 0.2) is 0 Å². The van der Waals surface area contributed by atoms with Gasteiger partial charge in [-0.1, -0.05) is 48.8 Å². The third-order valence-corrected chi connectivity index (χ3v) is 4.74. The van der Waals surface area contributed by atoms with Crippen LogP contribution in [0.3, 0.4) is 0 Å². The summed E-state index contributed by atoms with van der Waals surface area (Å²) in [5, 5.41) is 9.48. The fourth-order valence-electron chi connectivity index (χ4n) is 2.99. The SMILES string of the molecule is CCC(N)C(c1ccc(Br)cc1)N(CCO)C(CC)CC. The predicted octanol–water partition coefficient (Wildman–Crippen LogP) is 3.71. The zero-order valence-corrected chi connectivity index (χ0v) is 15.0. The van der Waals surface area contributed by atoms with Crippen molar-refractivity contribution in [3.05, 3.63) is 34.3 Å². The second kappa shape index (κ2) is 9.57. The third kappa shape index (κ3) is 5.06. The Balaban J connectivity index is 3.15. The third-order valence-electron chi connectivity index (χ3n) is 4.22. The van der Waals surface area contributed by atoms with Crippen molar-refractivity contribution in [3.63, 3.8) is 0 Å². The van der Waals surface area contributed by atoms with Crippen molar-refractivity contribution in [1.29, 1.82) is 0 Å². The molecule has 4 heteroatoms. The van der Waals surface area contributed by atoms with Crippen molar-refractivity contribution in [1.82, 2.24) is 4.90 Å². The Hall–Kier alpha value is -0.420. The molecule has 2 unspecified atom stereocenters. The van der Waals surface area contributed by atoms with Crippen LogP contribution in [-0.2, 0) is 0 Å². The van der Waals surface area contributed by atoms with E-state index in [0.717, 1.165) is 23.7 Å². The predicted molar refractivity (Wildman–Crippen MR) is 93.3 cm³/mol. The van der Waals surface area contributed by atoms with Gasteiger partial charge < -0.3 is 10.8 Å². The highest BCUT2D eigenvalue weighted by molar-refractivity contribution is 9.10. The van der Waals surface area contributed by atoms with E-state index >= 15 is 0 Å². The lowest BCUT2D eigenvalue weighted by molar-refractivity contribution is 0.0814. The van der Waals surface area contributed by atoms with Gasteiger partial charge in [0.25, 0.3) is 0 Å². The first-order valence-corrected chi connectivity index (χ1v) is 8.75. The van der Waals surface area contributed by atoms with Crippen molar-refractivity contribution in [2.45, 2.75) is 58.2 Å². The number of aliphatic hydroxyl groups is 1. The zero-order valence-electron chi connectivity index (χ0n) is 13.4. The number of aliphatic hydroxyl groups excluding tert-OH is 1. The quantitative estimate of drug-likeness (QED) is 0.708. The van der Waals surface area contributed by atoms with Crippen LogP contribution in [0.4, 0.5) is 0 Å².